The highest BCUT2D eigenvalue weighted by molar-refractivity contribution is 6.30. The van der Waals surface area contributed by atoms with Crippen LogP contribution in [-0.4, -0.2) is 34.2 Å². The number of carbonyl (C=O) groups excluding carboxylic acids is 1. The lowest BCUT2D eigenvalue weighted by atomic mass is 9.69. The molecule has 1 amide bonds. The summed E-state index contributed by atoms with van der Waals surface area (Å²) in [6, 6.07) is 12.2. The van der Waals surface area contributed by atoms with Gasteiger partial charge in [0.15, 0.2) is 11.6 Å². The van der Waals surface area contributed by atoms with E-state index in [9.17, 15) is 9.18 Å². The topological polar surface area (TPSA) is 97.1 Å². The molecule has 7 nitrogen and oxygen atoms in total. The lowest BCUT2D eigenvalue weighted by molar-refractivity contribution is -0.130. The summed E-state index contributed by atoms with van der Waals surface area (Å²) < 4.78 is 20.0. The van der Waals surface area contributed by atoms with E-state index in [4.69, 9.17) is 27.1 Å². The number of rotatable bonds is 7. The monoisotopic (exact) mass is 457 g/mol. The number of aromatic nitrogens is 3. The molecule has 1 aromatic carbocycles. The second kappa shape index (κ2) is 9.16. The summed E-state index contributed by atoms with van der Waals surface area (Å²) in [4.78, 5) is 19.1. The average molecular weight is 458 g/mol. The molecule has 1 fully saturated rings. The van der Waals surface area contributed by atoms with Crippen LogP contribution in [0.15, 0.2) is 48.7 Å². The Morgan fingerprint density at radius 2 is 2.03 bits per heavy atom. The number of aromatic amines is 1. The molecule has 3 aromatic rings. The van der Waals surface area contributed by atoms with Gasteiger partial charge in [0.25, 0.3) is 0 Å². The van der Waals surface area contributed by atoms with E-state index < -0.39 is 11.2 Å². The lowest BCUT2D eigenvalue weighted by Crippen LogP contribution is -2.44. The molecule has 0 radical (unpaired) electrons. The molecular formula is C23H25ClFN5O2. The molecule has 1 aliphatic rings. The van der Waals surface area contributed by atoms with E-state index in [2.05, 4.69) is 10.2 Å². The molecule has 9 heteroatoms. The summed E-state index contributed by atoms with van der Waals surface area (Å²) in [6.45, 7) is 0. The van der Waals surface area contributed by atoms with Crippen molar-refractivity contribution in [2.24, 2.45) is 11.1 Å². The van der Waals surface area contributed by atoms with Gasteiger partial charge in [-0.1, -0.05) is 23.7 Å². The first-order chi connectivity index (χ1) is 15.4. The number of amides is 1. The Kier molecular flexibility index (Phi) is 6.32. The van der Waals surface area contributed by atoms with Crippen LogP contribution in [0.5, 0.6) is 5.75 Å². The van der Waals surface area contributed by atoms with Crippen LogP contribution < -0.4 is 15.4 Å². The predicted octanol–water partition coefficient (Wildman–Crippen LogP) is 4.40. The van der Waals surface area contributed by atoms with Gasteiger partial charge < -0.3 is 15.4 Å². The molecule has 0 spiro atoms. The highest BCUT2D eigenvalue weighted by Gasteiger charge is 2.41. The number of pyridine rings is 1. The summed E-state index contributed by atoms with van der Waals surface area (Å²) in [7, 11) is 1.89. The van der Waals surface area contributed by atoms with Gasteiger partial charge in [0.05, 0.1) is 22.7 Å². The second-order valence-electron chi connectivity index (χ2n) is 8.18. The van der Waals surface area contributed by atoms with Crippen molar-refractivity contribution in [2.75, 3.05) is 11.9 Å². The van der Waals surface area contributed by atoms with Gasteiger partial charge in [-0.05, 0) is 49.9 Å². The summed E-state index contributed by atoms with van der Waals surface area (Å²) >= 11 is 5.84. The molecule has 0 atom stereocenters. The predicted molar refractivity (Wildman–Crippen MR) is 121 cm³/mol. The third-order valence-corrected chi connectivity index (χ3v) is 6.42. The molecule has 0 unspecified atom stereocenters. The van der Waals surface area contributed by atoms with Gasteiger partial charge in [-0.2, -0.15) is 5.10 Å². The number of nitrogens with zero attached hydrogens (tertiary/aromatic N) is 3. The number of ether oxygens (including phenoxy) is 1. The van der Waals surface area contributed by atoms with Crippen LogP contribution in [0.25, 0.3) is 0 Å². The van der Waals surface area contributed by atoms with Gasteiger partial charge in [0.1, 0.15) is 11.6 Å². The summed E-state index contributed by atoms with van der Waals surface area (Å²) in [5.74, 6) is 0.762. The minimum absolute atomic E-state index is 0.0239. The van der Waals surface area contributed by atoms with Crippen LogP contribution in [0, 0.1) is 11.2 Å². The SMILES string of the molecule is CN(c1cccc(CC2(C(N)=O)CCC(Oc3cccc(Cl)c3F)CC2)n1)c1ccn[nH]1. The molecule has 0 aliphatic heterocycles. The summed E-state index contributed by atoms with van der Waals surface area (Å²) in [5.41, 5.74) is 5.93. The molecule has 32 heavy (non-hydrogen) atoms. The third-order valence-electron chi connectivity index (χ3n) is 6.12. The van der Waals surface area contributed by atoms with Crippen molar-refractivity contribution in [1.29, 1.82) is 0 Å². The number of nitrogens with two attached hydrogens (primary N) is 1. The minimum atomic E-state index is -0.717. The van der Waals surface area contributed by atoms with Crippen LogP contribution in [-0.2, 0) is 11.2 Å². The molecular weight excluding hydrogens is 433 g/mol. The van der Waals surface area contributed by atoms with Crippen LogP contribution in [0.2, 0.25) is 5.02 Å². The molecule has 2 aromatic heterocycles. The molecule has 1 aliphatic carbocycles. The van der Waals surface area contributed by atoms with Crippen molar-refractivity contribution >= 4 is 29.1 Å². The van der Waals surface area contributed by atoms with Crippen molar-refractivity contribution in [2.45, 2.75) is 38.2 Å². The van der Waals surface area contributed by atoms with E-state index in [1.807, 2.05) is 36.2 Å². The zero-order chi connectivity index (χ0) is 22.7. The van der Waals surface area contributed by atoms with Gasteiger partial charge in [-0.15, -0.1) is 0 Å². The summed E-state index contributed by atoms with van der Waals surface area (Å²) in [6.07, 6.45) is 4.15. The highest BCUT2D eigenvalue weighted by atomic mass is 35.5. The fourth-order valence-electron chi connectivity index (χ4n) is 4.18. The number of nitrogens with one attached hydrogen (secondary N) is 1. The Labute approximate surface area is 190 Å². The van der Waals surface area contributed by atoms with Gasteiger partial charge in [0.2, 0.25) is 5.91 Å². The van der Waals surface area contributed by atoms with Gasteiger partial charge in [-0.3, -0.25) is 9.89 Å². The molecule has 2 heterocycles. The number of carbonyl (C=O) groups is 1. The Bertz CT molecular complexity index is 1080. The van der Waals surface area contributed by atoms with Crippen LogP contribution >= 0.6 is 11.6 Å². The first kappa shape index (κ1) is 22.1. The number of hydrogen-bond donors (Lipinski definition) is 2. The smallest absolute Gasteiger partial charge is 0.224 e. The summed E-state index contributed by atoms with van der Waals surface area (Å²) in [5, 5.41) is 6.90. The third kappa shape index (κ3) is 4.55. The Morgan fingerprint density at radius 3 is 2.72 bits per heavy atom. The van der Waals surface area contributed by atoms with Gasteiger partial charge in [0, 0.05) is 25.2 Å². The number of H-pyrrole nitrogens is 1. The van der Waals surface area contributed by atoms with E-state index in [0.717, 1.165) is 17.3 Å². The normalized spacial score (nSPS) is 20.7. The minimum Gasteiger partial charge on any atom is -0.487 e. The number of benzene rings is 1. The van der Waals surface area contributed by atoms with E-state index in [-0.39, 0.29) is 22.8 Å². The zero-order valence-electron chi connectivity index (χ0n) is 17.7. The van der Waals surface area contributed by atoms with E-state index in [0.29, 0.717) is 32.1 Å². The first-order valence-corrected chi connectivity index (χ1v) is 10.9. The molecule has 4 rings (SSSR count). The quantitative estimate of drug-likeness (QED) is 0.548. The molecule has 1 saturated carbocycles. The van der Waals surface area contributed by atoms with Crippen molar-refractivity contribution in [3.8, 4) is 5.75 Å². The van der Waals surface area contributed by atoms with Crippen molar-refractivity contribution in [3.63, 3.8) is 0 Å². The fourth-order valence-corrected chi connectivity index (χ4v) is 4.35. The zero-order valence-corrected chi connectivity index (χ0v) is 18.5. The molecule has 0 bridgehead atoms. The molecule has 168 valence electrons. The van der Waals surface area contributed by atoms with Crippen molar-refractivity contribution in [3.05, 3.63) is 65.2 Å². The molecule has 0 saturated heterocycles. The second-order valence-corrected chi connectivity index (χ2v) is 8.59. The number of hydrogen-bond acceptors (Lipinski definition) is 5. The van der Waals surface area contributed by atoms with Crippen LogP contribution in [0.4, 0.5) is 16.0 Å². The number of anilines is 2. The fraction of sp³-hybridized carbons (Fsp3) is 0.348. The van der Waals surface area contributed by atoms with Crippen LogP contribution in [0.3, 0.4) is 0 Å². The average Bonchev–Trinajstić information content (AvgIpc) is 3.33. The maximum Gasteiger partial charge on any atom is 0.224 e. The Morgan fingerprint density at radius 1 is 1.28 bits per heavy atom. The maximum absolute atomic E-state index is 14.2. The highest BCUT2D eigenvalue weighted by Crippen LogP contribution is 2.41. The molecule has 3 N–H and O–H groups in total. The lowest BCUT2D eigenvalue weighted by Gasteiger charge is -2.37. The number of halogens is 2. The van der Waals surface area contributed by atoms with Gasteiger partial charge >= 0.3 is 0 Å². The van der Waals surface area contributed by atoms with E-state index >= 15 is 0 Å². The largest absolute Gasteiger partial charge is 0.487 e. The Hall–Kier alpha value is -3.13. The van der Waals surface area contributed by atoms with E-state index in [1.165, 1.54) is 6.07 Å². The first-order valence-electron chi connectivity index (χ1n) is 10.5. The van der Waals surface area contributed by atoms with Crippen LogP contribution in [0.1, 0.15) is 31.4 Å². The Balaban J connectivity index is 1.46. The van der Waals surface area contributed by atoms with Gasteiger partial charge in [-0.25, -0.2) is 9.37 Å². The number of primary amides is 1. The van der Waals surface area contributed by atoms with Crippen molar-refractivity contribution in [1.82, 2.24) is 15.2 Å². The van der Waals surface area contributed by atoms with E-state index in [1.54, 1.807) is 18.3 Å². The maximum atomic E-state index is 14.2. The standard InChI is InChI=1S/C23H25ClFN5O2/c1-30(20-10-13-27-29-20)19-7-2-4-15(28-19)14-23(22(26)31)11-8-16(9-12-23)32-18-6-3-5-17(24)21(18)25/h2-7,10,13,16H,8-9,11-12,14H2,1H3,(H2,26,31)(H,27,29). The van der Waals surface area contributed by atoms with Crippen molar-refractivity contribution < 1.29 is 13.9 Å².